The molecule has 0 amide bonds. The van der Waals surface area contributed by atoms with Gasteiger partial charge >= 0.3 is 5.97 Å². The Balaban J connectivity index is 0.00000288. The maximum absolute atomic E-state index is 13.6. The van der Waals surface area contributed by atoms with Gasteiger partial charge in [0.05, 0.1) is 11.3 Å². The van der Waals surface area contributed by atoms with Gasteiger partial charge in [-0.15, -0.1) is 12.4 Å². The normalized spacial score (nSPS) is 10.3. The van der Waals surface area contributed by atoms with Gasteiger partial charge in [0, 0.05) is 6.07 Å². The molecule has 1 aromatic carbocycles. The summed E-state index contributed by atoms with van der Waals surface area (Å²) in [6.07, 6.45) is 0. The SMILES string of the molecule is Cc1nc(N)c(C)c(C)c1C(=O)Oc1c(F)c(F)cc(F)c1F.Cl. The molecule has 0 fully saturated rings. The summed E-state index contributed by atoms with van der Waals surface area (Å²) in [5.41, 5.74) is 6.59. The number of aryl methyl sites for hydroxylation is 1. The van der Waals surface area contributed by atoms with Crippen LogP contribution in [0.5, 0.6) is 5.75 Å². The third-order valence-corrected chi connectivity index (χ3v) is 3.44. The monoisotopic (exact) mass is 364 g/mol. The number of esters is 1. The fraction of sp³-hybridized carbons (Fsp3) is 0.200. The van der Waals surface area contributed by atoms with Gasteiger partial charge in [-0.2, -0.15) is 8.78 Å². The van der Waals surface area contributed by atoms with Gasteiger partial charge in [0.15, 0.2) is 11.6 Å². The highest BCUT2D eigenvalue weighted by Crippen LogP contribution is 2.28. The van der Waals surface area contributed by atoms with Crippen LogP contribution < -0.4 is 10.5 Å². The van der Waals surface area contributed by atoms with E-state index in [-0.39, 0.29) is 35.5 Å². The number of benzene rings is 1. The van der Waals surface area contributed by atoms with Crippen LogP contribution in [0.4, 0.5) is 23.4 Å². The lowest BCUT2D eigenvalue weighted by atomic mass is 10.0. The van der Waals surface area contributed by atoms with Crippen LogP contribution in [0, 0.1) is 44.0 Å². The third kappa shape index (κ3) is 3.28. The smallest absolute Gasteiger partial charge is 0.345 e. The second-order valence-corrected chi connectivity index (χ2v) is 4.89. The summed E-state index contributed by atoms with van der Waals surface area (Å²) in [7, 11) is 0. The van der Waals surface area contributed by atoms with Crippen molar-refractivity contribution in [1.82, 2.24) is 4.98 Å². The van der Waals surface area contributed by atoms with Crippen molar-refractivity contribution in [3.8, 4) is 5.75 Å². The number of aromatic nitrogens is 1. The van der Waals surface area contributed by atoms with Gasteiger partial charge in [0.2, 0.25) is 17.4 Å². The average Bonchev–Trinajstić information content (AvgIpc) is 2.47. The van der Waals surface area contributed by atoms with E-state index < -0.39 is 35.0 Å². The van der Waals surface area contributed by atoms with Crippen LogP contribution in [0.1, 0.15) is 27.2 Å². The number of carbonyl (C=O) groups is 1. The number of nitrogens with zero attached hydrogens (tertiary/aromatic N) is 1. The highest BCUT2D eigenvalue weighted by atomic mass is 35.5. The van der Waals surface area contributed by atoms with Gasteiger partial charge in [-0.25, -0.2) is 18.6 Å². The average molecular weight is 365 g/mol. The molecule has 2 aromatic rings. The molecule has 0 aliphatic rings. The standard InChI is InChI=1S/C15H12F4N2O2.ClH/c1-5-6(2)14(20)21-7(3)10(5)15(22)23-13-11(18)8(16)4-9(17)12(13)19;/h4H,1-3H3,(H2,20,21);1H. The van der Waals surface area contributed by atoms with Crippen molar-refractivity contribution in [2.45, 2.75) is 20.8 Å². The summed E-state index contributed by atoms with van der Waals surface area (Å²) in [5, 5.41) is 0. The molecule has 9 heteroatoms. The van der Waals surface area contributed by atoms with Gasteiger partial charge in [-0.1, -0.05) is 0 Å². The molecular formula is C15H13ClF4N2O2. The van der Waals surface area contributed by atoms with Crippen molar-refractivity contribution in [2.75, 3.05) is 5.73 Å². The number of carbonyl (C=O) groups excluding carboxylic acids is 1. The molecule has 0 saturated heterocycles. The molecule has 24 heavy (non-hydrogen) atoms. The van der Waals surface area contributed by atoms with E-state index in [1.807, 2.05) is 0 Å². The van der Waals surface area contributed by atoms with E-state index in [1.165, 1.54) is 13.8 Å². The second kappa shape index (κ2) is 7.04. The fourth-order valence-electron chi connectivity index (χ4n) is 2.06. The van der Waals surface area contributed by atoms with Gasteiger partial charge in [-0.3, -0.25) is 0 Å². The van der Waals surface area contributed by atoms with Gasteiger partial charge in [-0.05, 0) is 31.9 Å². The zero-order valence-corrected chi connectivity index (χ0v) is 13.7. The van der Waals surface area contributed by atoms with Crippen molar-refractivity contribution in [3.05, 3.63) is 51.7 Å². The number of ether oxygens (including phenoxy) is 1. The third-order valence-electron chi connectivity index (χ3n) is 3.44. The van der Waals surface area contributed by atoms with Crippen LogP contribution in [0.15, 0.2) is 6.07 Å². The van der Waals surface area contributed by atoms with E-state index in [2.05, 4.69) is 9.72 Å². The van der Waals surface area contributed by atoms with E-state index in [9.17, 15) is 22.4 Å². The van der Waals surface area contributed by atoms with Crippen LogP contribution in [0.2, 0.25) is 0 Å². The Bertz CT molecular complexity index is 802. The molecule has 0 bridgehead atoms. The minimum Gasteiger partial charge on any atom is -0.416 e. The largest absolute Gasteiger partial charge is 0.416 e. The summed E-state index contributed by atoms with van der Waals surface area (Å²) in [6.45, 7) is 4.57. The van der Waals surface area contributed by atoms with Crippen LogP contribution >= 0.6 is 12.4 Å². The fourth-order valence-corrected chi connectivity index (χ4v) is 2.06. The first-order valence-electron chi connectivity index (χ1n) is 6.43. The first kappa shape index (κ1) is 19.7. The van der Waals surface area contributed by atoms with Crippen molar-refractivity contribution in [3.63, 3.8) is 0 Å². The highest BCUT2D eigenvalue weighted by molar-refractivity contribution is 5.94. The minimum atomic E-state index is -1.80. The summed E-state index contributed by atoms with van der Waals surface area (Å²) in [4.78, 5) is 16.1. The van der Waals surface area contributed by atoms with Gasteiger partial charge in [0.25, 0.3) is 0 Å². The molecule has 0 aliphatic heterocycles. The Morgan fingerprint density at radius 2 is 1.54 bits per heavy atom. The Morgan fingerprint density at radius 3 is 2.04 bits per heavy atom. The number of hydrogen-bond donors (Lipinski definition) is 1. The quantitative estimate of drug-likeness (QED) is 0.381. The first-order chi connectivity index (χ1) is 10.6. The summed E-state index contributed by atoms with van der Waals surface area (Å²) in [6, 6.07) is 0.0213. The molecule has 1 aromatic heterocycles. The molecule has 0 radical (unpaired) electrons. The minimum absolute atomic E-state index is 0. The molecule has 2 rings (SSSR count). The predicted molar refractivity (Wildman–Crippen MR) is 81.3 cm³/mol. The number of rotatable bonds is 2. The summed E-state index contributed by atoms with van der Waals surface area (Å²) < 4.78 is 58.0. The number of anilines is 1. The van der Waals surface area contributed by atoms with Crippen molar-refractivity contribution in [2.24, 2.45) is 0 Å². The lowest BCUT2D eigenvalue weighted by molar-refractivity contribution is 0.0715. The molecule has 0 atom stereocenters. The Morgan fingerprint density at radius 1 is 1.04 bits per heavy atom. The second-order valence-electron chi connectivity index (χ2n) is 4.89. The lowest BCUT2D eigenvalue weighted by Crippen LogP contribution is -2.17. The van der Waals surface area contributed by atoms with Crippen molar-refractivity contribution < 1.29 is 27.1 Å². The molecular weight excluding hydrogens is 352 g/mol. The Hall–Kier alpha value is -2.35. The number of pyridine rings is 1. The molecule has 1 heterocycles. The van der Waals surface area contributed by atoms with Crippen LogP contribution in [0.25, 0.3) is 0 Å². The number of halogens is 5. The van der Waals surface area contributed by atoms with Crippen molar-refractivity contribution >= 4 is 24.2 Å². The molecule has 0 spiro atoms. The predicted octanol–water partition coefficient (Wildman–Crippen LogP) is 3.79. The number of hydrogen-bond acceptors (Lipinski definition) is 4. The van der Waals surface area contributed by atoms with E-state index in [4.69, 9.17) is 5.73 Å². The molecule has 4 nitrogen and oxygen atoms in total. The summed E-state index contributed by atoms with van der Waals surface area (Å²) in [5.74, 6) is -9.40. The number of nitrogens with two attached hydrogens (primary N) is 1. The molecule has 0 aliphatic carbocycles. The van der Waals surface area contributed by atoms with Crippen LogP contribution in [0.3, 0.4) is 0 Å². The molecule has 0 saturated carbocycles. The van der Waals surface area contributed by atoms with Gasteiger partial charge in [0.1, 0.15) is 5.82 Å². The maximum atomic E-state index is 13.6. The van der Waals surface area contributed by atoms with Crippen LogP contribution in [-0.2, 0) is 0 Å². The van der Waals surface area contributed by atoms with E-state index in [1.54, 1.807) is 6.92 Å². The summed E-state index contributed by atoms with van der Waals surface area (Å²) >= 11 is 0. The zero-order chi connectivity index (χ0) is 17.5. The maximum Gasteiger partial charge on any atom is 0.345 e. The first-order valence-corrected chi connectivity index (χ1v) is 6.43. The number of nitrogen functional groups attached to an aromatic ring is 1. The van der Waals surface area contributed by atoms with Crippen LogP contribution in [-0.4, -0.2) is 11.0 Å². The topological polar surface area (TPSA) is 65.2 Å². The molecule has 2 N–H and O–H groups in total. The van der Waals surface area contributed by atoms with E-state index >= 15 is 0 Å². The Kier molecular flexibility index (Phi) is 5.78. The molecule has 0 unspecified atom stereocenters. The van der Waals surface area contributed by atoms with E-state index in [0.717, 1.165) is 0 Å². The zero-order valence-electron chi connectivity index (χ0n) is 12.8. The van der Waals surface area contributed by atoms with E-state index in [0.29, 0.717) is 11.1 Å². The lowest BCUT2D eigenvalue weighted by Gasteiger charge is -2.13. The van der Waals surface area contributed by atoms with Gasteiger partial charge < -0.3 is 10.5 Å². The Labute approximate surface area is 141 Å². The highest BCUT2D eigenvalue weighted by Gasteiger charge is 2.26. The van der Waals surface area contributed by atoms with Crippen molar-refractivity contribution in [1.29, 1.82) is 0 Å². The molecule has 130 valence electrons.